The van der Waals surface area contributed by atoms with E-state index in [0.717, 1.165) is 31.0 Å². The first-order valence-electron chi connectivity index (χ1n) is 5.63. The number of rotatable bonds is 3. The zero-order valence-corrected chi connectivity index (χ0v) is 12.9. The van der Waals surface area contributed by atoms with Gasteiger partial charge in [-0.1, -0.05) is 29.8 Å². The number of hydrogen-bond acceptors (Lipinski definition) is 3. The van der Waals surface area contributed by atoms with Crippen LogP contribution in [0, 0.1) is 0 Å². The standard InChI is InChI=1S/C14H9Cl2NS2/c15-8-12-13(11-5-2-6-18-11)17-14(19-12)9-3-1-4-10(16)7-9/h1-7H,8H2. The van der Waals surface area contributed by atoms with Crippen molar-refractivity contribution in [2.24, 2.45) is 0 Å². The van der Waals surface area contributed by atoms with Gasteiger partial charge < -0.3 is 0 Å². The number of benzene rings is 1. The van der Waals surface area contributed by atoms with E-state index >= 15 is 0 Å². The molecule has 3 aromatic rings. The molecule has 1 nitrogen and oxygen atoms in total. The molecule has 0 atom stereocenters. The highest BCUT2D eigenvalue weighted by Crippen LogP contribution is 2.37. The summed E-state index contributed by atoms with van der Waals surface area (Å²) in [4.78, 5) is 6.97. The molecule has 0 spiro atoms. The summed E-state index contributed by atoms with van der Waals surface area (Å²) in [6.45, 7) is 0. The Hall–Kier alpha value is -0.870. The summed E-state index contributed by atoms with van der Waals surface area (Å²) in [5.41, 5.74) is 2.02. The first-order valence-corrected chi connectivity index (χ1v) is 8.24. The van der Waals surface area contributed by atoms with Gasteiger partial charge in [-0.25, -0.2) is 4.98 Å². The molecule has 96 valence electrons. The molecular formula is C14H9Cl2NS2. The monoisotopic (exact) mass is 325 g/mol. The molecule has 5 heteroatoms. The van der Waals surface area contributed by atoms with E-state index in [2.05, 4.69) is 6.07 Å². The smallest absolute Gasteiger partial charge is 0.124 e. The normalized spacial score (nSPS) is 10.8. The van der Waals surface area contributed by atoms with Crippen molar-refractivity contribution >= 4 is 45.9 Å². The summed E-state index contributed by atoms with van der Waals surface area (Å²) in [6, 6.07) is 11.8. The molecule has 0 fully saturated rings. The number of thiophene rings is 1. The average molecular weight is 326 g/mol. The zero-order valence-electron chi connectivity index (χ0n) is 9.77. The SMILES string of the molecule is ClCc1sc(-c2cccc(Cl)c2)nc1-c1cccs1. The molecule has 2 heterocycles. The Balaban J connectivity index is 2.10. The number of thiazole rings is 1. The van der Waals surface area contributed by atoms with E-state index in [0.29, 0.717) is 5.88 Å². The van der Waals surface area contributed by atoms with Gasteiger partial charge in [0.2, 0.25) is 0 Å². The van der Waals surface area contributed by atoms with Crippen molar-refractivity contribution in [3.8, 4) is 21.1 Å². The lowest BCUT2D eigenvalue weighted by atomic mass is 10.2. The second-order valence-electron chi connectivity index (χ2n) is 3.91. The highest BCUT2D eigenvalue weighted by molar-refractivity contribution is 7.17. The van der Waals surface area contributed by atoms with Gasteiger partial charge in [-0.2, -0.15) is 0 Å². The van der Waals surface area contributed by atoms with Crippen LogP contribution >= 0.6 is 45.9 Å². The van der Waals surface area contributed by atoms with Gasteiger partial charge in [0, 0.05) is 15.5 Å². The number of nitrogens with zero attached hydrogens (tertiary/aromatic N) is 1. The average Bonchev–Trinajstić information content (AvgIpc) is 3.07. The van der Waals surface area contributed by atoms with E-state index in [-0.39, 0.29) is 0 Å². The third-order valence-corrected chi connectivity index (χ3v) is 5.29. The Morgan fingerprint density at radius 1 is 1.16 bits per heavy atom. The van der Waals surface area contributed by atoms with Crippen molar-refractivity contribution in [3.05, 3.63) is 51.7 Å². The molecule has 0 amide bonds. The fourth-order valence-corrected chi connectivity index (χ4v) is 4.00. The van der Waals surface area contributed by atoms with Crippen molar-refractivity contribution in [3.63, 3.8) is 0 Å². The van der Waals surface area contributed by atoms with Crippen molar-refractivity contribution in [2.45, 2.75) is 5.88 Å². The lowest BCUT2D eigenvalue weighted by Crippen LogP contribution is -1.79. The second-order valence-corrected chi connectivity index (χ2v) is 6.65. The zero-order chi connectivity index (χ0) is 13.2. The van der Waals surface area contributed by atoms with E-state index < -0.39 is 0 Å². The maximum Gasteiger partial charge on any atom is 0.124 e. The number of alkyl halides is 1. The topological polar surface area (TPSA) is 12.9 Å². The maximum absolute atomic E-state index is 6.03. The van der Waals surface area contributed by atoms with E-state index in [4.69, 9.17) is 28.2 Å². The molecule has 2 aromatic heterocycles. The number of aromatic nitrogens is 1. The minimum Gasteiger partial charge on any atom is -0.235 e. The van der Waals surface area contributed by atoms with Crippen molar-refractivity contribution < 1.29 is 0 Å². The molecule has 0 unspecified atom stereocenters. The molecule has 0 radical (unpaired) electrons. The van der Waals surface area contributed by atoms with Crippen molar-refractivity contribution in [1.82, 2.24) is 4.98 Å². The summed E-state index contributed by atoms with van der Waals surface area (Å²) in [7, 11) is 0. The first kappa shape index (κ1) is 13.1. The molecule has 1 aromatic carbocycles. The third-order valence-electron chi connectivity index (χ3n) is 2.64. The van der Waals surface area contributed by atoms with Gasteiger partial charge in [0.15, 0.2) is 0 Å². The van der Waals surface area contributed by atoms with Crippen LogP contribution in [0.15, 0.2) is 41.8 Å². The largest absolute Gasteiger partial charge is 0.235 e. The van der Waals surface area contributed by atoms with Crippen molar-refractivity contribution in [1.29, 1.82) is 0 Å². The van der Waals surface area contributed by atoms with E-state index in [9.17, 15) is 0 Å². The predicted molar refractivity (Wildman–Crippen MR) is 85.4 cm³/mol. The summed E-state index contributed by atoms with van der Waals surface area (Å²) < 4.78 is 0. The van der Waals surface area contributed by atoms with Gasteiger partial charge >= 0.3 is 0 Å². The molecule has 0 N–H and O–H groups in total. The Kier molecular flexibility index (Phi) is 3.89. The highest BCUT2D eigenvalue weighted by atomic mass is 35.5. The van der Waals surface area contributed by atoms with E-state index in [1.807, 2.05) is 35.7 Å². The first-order chi connectivity index (χ1) is 9.28. The molecule has 0 saturated carbocycles. The van der Waals surface area contributed by atoms with Crippen LogP contribution in [0.3, 0.4) is 0 Å². The Morgan fingerprint density at radius 2 is 2.05 bits per heavy atom. The lowest BCUT2D eigenvalue weighted by Gasteiger charge is -1.96. The van der Waals surface area contributed by atoms with Crippen LogP contribution in [0.2, 0.25) is 5.02 Å². The van der Waals surface area contributed by atoms with Crippen LogP contribution in [0.25, 0.3) is 21.1 Å². The van der Waals surface area contributed by atoms with Gasteiger partial charge in [-0.3, -0.25) is 0 Å². The fourth-order valence-electron chi connectivity index (χ4n) is 1.79. The van der Waals surface area contributed by atoms with E-state index in [1.54, 1.807) is 22.7 Å². The maximum atomic E-state index is 6.03. The van der Waals surface area contributed by atoms with Gasteiger partial charge in [-0.05, 0) is 23.6 Å². The fraction of sp³-hybridized carbons (Fsp3) is 0.0714. The minimum absolute atomic E-state index is 0.478. The lowest BCUT2D eigenvalue weighted by molar-refractivity contribution is 1.37. The molecule has 0 saturated heterocycles. The Morgan fingerprint density at radius 3 is 2.74 bits per heavy atom. The summed E-state index contributed by atoms with van der Waals surface area (Å²) in [5.74, 6) is 0.478. The van der Waals surface area contributed by atoms with Crippen LogP contribution in [-0.4, -0.2) is 4.98 Å². The van der Waals surface area contributed by atoms with Gasteiger partial charge in [-0.15, -0.1) is 34.3 Å². The number of halogens is 2. The number of hydrogen-bond donors (Lipinski definition) is 0. The van der Waals surface area contributed by atoms with E-state index in [1.165, 1.54) is 0 Å². The molecule has 0 aliphatic carbocycles. The van der Waals surface area contributed by atoms with Gasteiger partial charge in [0.25, 0.3) is 0 Å². The van der Waals surface area contributed by atoms with Crippen LogP contribution in [0.4, 0.5) is 0 Å². The predicted octanol–water partition coefficient (Wildman–Crippen LogP) is 5.93. The summed E-state index contributed by atoms with van der Waals surface area (Å²) >= 11 is 15.4. The molecule has 0 bridgehead atoms. The van der Waals surface area contributed by atoms with Crippen LogP contribution in [0.5, 0.6) is 0 Å². The summed E-state index contributed by atoms with van der Waals surface area (Å²) in [6.07, 6.45) is 0. The summed E-state index contributed by atoms with van der Waals surface area (Å²) in [5, 5.41) is 3.73. The molecule has 3 rings (SSSR count). The minimum atomic E-state index is 0.478. The quantitative estimate of drug-likeness (QED) is 0.544. The Bertz CT molecular complexity index is 689. The van der Waals surface area contributed by atoms with Crippen LogP contribution < -0.4 is 0 Å². The van der Waals surface area contributed by atoms with Crippen LogP contribution in [0.1, 0.15) is 4.88 Å². The second kappa shape index (κ2) is 5.63. The van der Waals surface area contributed by atoms with Gasteiger partial charge in [0.1, 0.15) is 5.01 Å². The molecule has 0 aliphatic heterocycles. The Labute approximate surface area is 129 Å². The molecule has 19 heavy (non-hydrogen) atoms. The van der Waals surface area contributed by atoms with Crippen molar-refractivity contribution in [2.75, 3.05) is 0 Å². The molecular weight excluding hydrogens is 317 g/mol. The molecule has 0 aliphatic rings. The third kappa shape index (κ3) is 2.70. The highest BCUT2D eigenvalue weighted by Gasteiger charge is 2.14. The van der Waals surface area contributed by atoms with Gasteiger partial charge in [0.05, 0.1) is 16.5 Å². The van der Waals surface area contributed by atoms with Crippen LogP contribution in [-0.2, 0) is 5.88 Å².